The van der Waals surface area contributed by atoms with Crippen LogP contribution in [0.2, 0.25) is 10.0 Å². The minimum atomic E-state index is 0.573. The Labute approximate surface area is 117 Å². The molecule has 0 saturated carbocycles. The summed E-state index contributed by atoms with van der Waals surface area (Å²) in [5.41, 5.74) is 8.65. The Morgan fingerprint density at radius 1 is 1.06 bits per heavy atom. The summed E-state index contributed by atoms with van der Waals surface area (Å²) in [7, 11) is 1.98. The van der Waals surface area contributed by atoms with E-state index in [2.05, 4.69) is 0 Å². The molecule has 0 radical (unpaired) electrons. The molecule has 94 valence electrons. The van der Waals surface area contributed by atoms with Crippen molar-refractivity contribution in [2.24, 2.45) is 0 Å². The molecule has 0 spiro atoms. The summed E-state index contributed by atoms with van der Waals surface area (Å²) in [5, 5.41) is 1.17. The third kappa shape index (κ3) is 2.71. The Morgan fingerprint density at radius 2 is 1.78 bits per heavy atom. The third-order valence-electron chi connectivity index (χ3n) is 2.79. The molecule has 0 amide bonds. The highest BCUT2D eigenvalue weighted by Crippen LogP contribution is 2.29. The maximum absolute atomic E-state index is 6.17. The molecule has 0 aliphatic rings. The van der Waals surface area contributed by atoms with Crippen LogP contribution in [0, 0.1) is 0 Å². The fraction of sp³-hybridized carbons (Fsp3) is 0.143. The molecular weight excluding hydrogens is 267 g/mol. The first-order valence-electron chi connectivity index (χ1n) is 5.58. The quantitative estimate of drug-likeness (QED) is 0.854. The standard InChI is InChI=1S/C14H14Cl2N2/c1-18(13-8-3-2-7-12(13)17)9-10-5-4-6-11(15)14(10)16/h2-8H,9,17H2,1H3. The number of anilines is 2. The molecule has 0 aliphatic carbocycles. The van der Waals surface area contributed by atoms with Gasteiger partial charge in [-0.25, -0.2) is 0 Å². The molecular formula is C14H14Cl2N2. The first kappa shape index (κ1) is 13.1. The first-order valence-corrected chi connectivity index (χ1v) is 6.33. The second-order valence-electron chi connectivity index (χ2n) is 4.13. The van der Waals surface area contributed by atoms with Crippen LogP contribution in [0.4, 0.5) is 11.4 Å². The number of nitrogens with two attached hydrogens (primary N) is 1. The van der Waals surface area contributed by atoms with E-state index in [0.717, 1.165) is 16.9 Å². The summed E-state index contributed by atoms with van der Waals surface area (Å²) in [6, 6.07) is 13.4. The number of benzene rings is 2. The van der Waals surface area contributed by atoms with Crippen LogP contribution in [0.3, 0.4) is 0 Å². The third-order valence-corrected chi connectivity index (χ3v) is 3.65. The molecule has 0 fully saturated rings. The highest BCUT2D eigenvalue weighted by molar-refractivity contribution is 6.42. The molecule has 18 heavy (non-hydrogen) atoms. The van der Waals surface area contributed by atoms with E-state index >= 15 is 0 Å². The van der Waals surface area contributed by atoms with E-state index in [1.54, 1.807) is 6.07 Å². The van der Waals surface area contributed by atoms with Crippen molar-refractivity contribution in [1.82, 2.24) is 0 Å². The van der Waals surface area contributed by atoms with Gasteiger partial charge in [-0.1, -0.05) is 47.5 Å². The summed E-state index contributed by atoms with van der Waals surface area (Å²) in [4.78, 5) is 2.05. The Kier molecular flexibility index (Phi) is 4.00. The SMILES string of the molecule is CN(Cc1cccc(Cl)c1Cl)c1ccccc1N. The molecule has 2 N–H and O–H groups in total. The molecule has 0 aromatic heterocycles. The van der Waals surface area contributed by atoms with E-state index in [9.17, 15) is 0 Å². The number of halogens is 2. The van der Waals surface area contributed by atoms with Crippen molar-refractivity contribution < 1.29 is 0 Å². The summed E-state index contributed by atoms with van der Waals surface area (Å²) in [6.07, 6.45) is 0. The van der Waals surface area contributed by atoms with Crippen LogP contribution in [0.25, 0.3) is 0 Å². The second kappa shape index (κ2) is 5.51. The van der Waals surface area contributed by atoms with Crippen molar-refractivity contribution in [1.29, 1.82) is 0 Å². The molecule has 0 aliphatic heterocycles. The van der Waals surface area contributed by atoms with Crippen LogP contribution in [0.1, 0.15) is 5.56 Å². The van der Waals surface area contributed by atoms with Crippen molar-refractivity contribution in [3.8, 4) is 0 Å². The molecule has 0 unspecified atom stereocenters. The van der Waals surface area contributed by atoms with Gasteiger partial charge in [0.1, 0.15) is 0 Å². The highest BCUT2D eigenvalue weighted by atomic mass is 35.5. The van der Waals surface area contributed by atoms with Gasteiger partial charge in [0.25, 0.3) is 0 Å². The lowest BCUT2D eigenvalue weighted by atomic mass is 10.2. The zero-order chi connectivity index (χ0) is 13.1. The number of rotatable bonds is 3. The molecule has 2 aromatic rings. The van der Waals surface area contributed by atoms with Gasteiger partial charge < -0.3 is 10.6 Å². The largest absolute Gasteiger partial charge is 0.397 e. The van der Waals surface area contributed by atoms with Crippen molar-refractivity contribution in [2.75, 3.05) is 17.7 Å². The zero-order valence-electron chi connectivity index (χ0n) is 10.0. The van der Waals surface area contributed by atoms with Crippen LogP contribution in [-0.4, -0.2) is 7.05 Å². The maximum atomic E-state index is 6.17. The van der Waals surface area contributed by atoms with Crippen molar-refractivity contribution in [3.05, 3.63) is 58.1 Å². The minimum Gasteiger partial charge on any atom is -0.397 e. The number of hydrogen-bond donors (Lipinski definition) is 1. The van der Waals surface area contributed by atoms with Gasteiger partial charge in [-0.05, 0) is 23.8 Å². The van der Waals surface area contributed by atoms with Gasteiger partial charge >= 0.3 is 0 Å². The van der Waals surface area contributed by atoms with E-state index < -0.39 is 0 Å². The van der Waals surface area contributed by atoms with Crippen molar-refractivity contribution >= 4 is 34.6 Å². The van der Waals surface area contributed by atoms with E-state index in [1.807, 2.05) is 48.3 Å². The van der Waals surface area contributed by atoms with Crippen LogP contribution >= 0.6 is 23.2 Å². The Hall–Kier alpha value is -1.38. The molecule has 2 nitrogen and oxygen atoms in total. The van der Waals surface area contributed by atoms with Crippen LogP contribution in [0.15, 0.2) is 42.5 Å². The zero-order valence-corrected chi connectivity index (χ0v) is 11.5. The summed E-state index contributed by atoms with van der Waals surface area (Å²) < 4.78 is 0. The fourth-order valence-electron chi connectivity index (χ4n) is 1.85. The molecule has 2 rings (SSSR count). The monoisotopic (exact) mass is 280 g/mol. The van der Waals surface area contributed by atoms with Gasteiger partial charge in [0.15, 0.2) is 0 Å². The topological polar surface area (TPSA) is 29.3 Å². The van der Waals surface area contributed by atoms with Gasteiger partial charge in [0.2, 0.25) is 0 Å². The van der Waals surface area contributed by atoms with E-state index in [0.29, 0.717) is 16.6 Å². The molecule has 4 heteroatoms. The number of nitrogens with zero attached hydrogens (tertiary/aromatic N) is 1. The Morgan fingerprint density at radius 3 is 2.50 bits per heavy atom. The van der Waals surface area contributed by atoms with Gasteiger partial charge in [0, 0.05) is 13.6 Å². The summed E-state index contributed by atoms with van der Waals surface area (Å²) in [5.74, 6) is 0. The number of nitrogen functional groups attached to an aromatic ring is 1. The maximum Gasteiger partial charge on any atom is 0.0642 e. The number of hydrogen-bond acceptors (Lipinski definition) is 2. The van der Waals surface area contributed by atoms with Crippen LogP contribution in [0.5, 0.6) is 0 Å². The molecule has 0 heterocycles. The lowest BCUT2D eigenvalue weighted by Gasteiger charge is -2.21. The van der Waals surface area contributed by atoms with Crippen LogP contribution < -0.4 is 10.6 Å². The normalized spacial score (nSPS) is 10.4. The molecule has 0 saturated heterocycles. The summed E-state index contributed by atoms with van der Waals surface area (Å²) in [6.45, 7) is 0.660. The fourth-order valence-corrected chi connectivity index (χ4v) is 2.23. The lowest BCUT2D eigenvalue weighted by molar-refractivity contribution is 0.925. The van der Waals surface area contributed by atoms with E-state index in [-0.39, 0.29) is 0 Å². The molecule has 2 aromatic carbocycles. The van der Waals surface area contributed by atoms with E-state index in [4.69, 9.17) is 28.9 Å². The van der Waals surface area contributed by atoms with Crippen LogP contribution in [-0.2, 0) is 6.54 Å². The van der Waals surface area contributed by atoms with Crippen molar-refractivity contribution in [2.45, 2.75) is 6.54 Å². The Balaban J connectivity index is 2.24. The average Bonchev–Trinajstić information content (AvgIpc) is 2.35. The first-order chi connectivity index (χ1) is 8.59. The minimum absolute atomic E-state index is 0.573. The van der Waals surface area contributed by atoms with Gasteiger partial charge in [-0.2, -0.15) is 0 Å². The molecule has 0 atom stereocenters. The predicted molar refractivity (Wildman–Crippen MR) is 79.4 cm³/mol. The van der Waals surface area contributed by atoms with Gasteiger partial charge in [-0.15, -0.1) is 0 Å². The van der Waals surface area contributed by atoms with Gasteiger partial charge in [0.05, 0.1) is 21.4 Å². The molecule has 0 bridgehead atoms. The van der Waals surface area contributed by atoms with Crippen molar-refractivity contribution in [3.63, 3.8) is 0 Å². The number of para-hydroxylation sites is 2. The second-order valence-corrected chi connectivity index (χ2v) is 4.91. The smallest absolute Gasteiger partial charge is 0.0642 e. The predicted octanol–water partition coefficient (Wildman–Crippen LogP) is 4.21. The summed E-state index contributed by atoms with van der Waals surface area (Å²) >= 11 is 12.2. The Bertz CT molecular complexity index is 555. The average molecular weight is 281 g/mol. The van der Waals surface area contributed by atoms with Gasteiger partial charge in [-0.3, -0.25) is 0 Å². The lowest BCUT2D eigenvalue weighted by Crippen LogP contribution is -2.17. The van der Waals surface area contributed by atoms with E-state index in [1.165, 1.54) is 0 Å². The highest BCUT2D eigenvalue weighted by Gasteiger charge is 2.09.